The molecular weight excluding hydrogens is 1260 g/mol. The smallest absolute Gasteiger partial charge is 0.321 e. The Bertz CT molecular complexity index is 2180. The van der Waals surface area contributed by atoms with Crippen LogP contribution in [0.1, 0.15) is 0 Å². The second kappa shape index (κ2) is 33.3. The summed E-state index contributed by atoms with van der Waals surface area (Å²) >= 11 is 1.70. The Morgan fingerprint density at radius 1 is 0.348 bits per heavy atom. The summed E-state index contributed by atoms with van der Waals surface area (Å²) in [5, 5.41) is 236. The van der Waals surface area contributed by atoms with Crippen LogP contribution >= 0.6 is 23.5 Å². The fourth-order valence-electron chi connectivity index (χ4n) is 10.7. The van der Waals surface area contributed by atoms with Crippen LogP contribution in [0.4, 0.5) is 0 Å². The molecule has 7 fully saturated rings. The number of aliphatic hydroxyl groups excluding tert-OH is 20. The molecule has 0 amide bonds. The summed E-state index contributed by atoms with van der Waals surface area (Å²) in [6.45, 7) is -5.25. The Balaban J connectivity index is 0.993. The minimum Gasteiger partial charge on any atom is -0.480 e. The van der Waals surface area contributed by atoms with Crippen molar-refractivity contribution in [3.63, 3.8) is 0 Å². The average Bonchev–Trinajstić information content (AvgIpc) is 1.39. The fourth-order valence-corrected chi connectivity index (χ4v) is 12.8. The number of carboxylic acids is 2. The van der Waals surface area contributed by atoms with Crippen LogP contribution in [-0.2, 0) is 71.2 Å². The molecule has 36 atom stereocenters. The molecule has 0 bridgehead atoms. The molecule has 7 rings (SSSR count). The molecule has 7 heterocycles. The van der Waals surface area contributed by atoms with Gasteiger partial charge < -0.3 is 185 Å². The van der Waals surface area contributed by atoms with E-state index in [1.165, 1.54) is 0 Å². The lowest BCUT2D eigenvalue weighted by atomic mass is 9.95. The van der Waals surface area contributed by atoms with Crippen LogP contribution < -0.4 is 11.5 Å². The van der Waals surface area contributed by atoms with Gasteiger partial charge in [-0.05, 0) is 0 Å². The summed E-state index contributed by atoms with van der Waals surface area (Å²) < 4.78 is 74.1. The lowest BCUT2D eigenvalue weighted by molar-refractivity contribution is -0.395. The van der Waals surface area contributed by atoms with Crippen molar-refractivity contribution < 1.29 is 184 Å². The van der Waals surface area contributed by atoms with Gasteiger partial charge in [0, 0.05) is 23.0 Å². The van der Waals surface area contributed by atoms with Crippen LogP contribution in [0.25, 0.3) is 0 Å². The molecule has 0 spiro atoms. The summed E-state index contributed by atoms with van der Waals surface area (Å²) in [5.74, 6) is -3.81. The van der Waals surface area contributed by atoms with Gasteiger partial charge in [-0.15, -0.1) is 0 Å². The Labute approximate surface area is 512 Å². The number of ether oxygens (including phenoxy) is 13. The monoisotopic (exact) mass is 1340 g/mol. The van der Waals surface area contributed by atoms with Crippen molar-refractivity contribution >= 4 is 35.5 Å². The normalized spacial score (nSPS) is 48.2. The average molecular weight is 1340 g/mol. The number of aliphatic hydroxyl groups is 20. The van der Waals surface area contributed by atoms with Gasteiger partial charge in [0.15, 0.2) is 37.7 Å². The number of aliphatic carboxylic acids is 2. The van der Waals surface area contributed by atoms with E-state index in [9.17, 15) is 117 Å². The topological polar surface area (TPSA) is 651 Å². The molecule has 0 saturated carbocycles. The third-order valence-electron chi connectivity index (χ3n) is 15.9. The van der Waals surface area contributed by atoms with Crippen molar-refractivity contribution in [2.75, 3.05) is 62.7 Å². The Morgan fingerprint density at radius 2 is 0.596 bits per heavy atom. The summed E-state index contributed by atoms with van der Waals surface area (Å²) in [5.41, 5.74) is 11.2. The minimum absolute atomic E-state index is 0.155. The van der Waals surface area contributed by atoms with Gasteiger partial charge in [-0.2, -0.15) is 23.5 Å². The standard InChI is InChI=1S/C48H82N2O37S2/c49-11(41(71)72)7-88-9-19-22(58)23(59)29(65)43(80-19)83-36-15(2-52)77-45(31(67)25(36)61)85-38-17(4-54)79-47(33(69)27(38)63)87-40-20(10-89-8-12(50)42(73)74)81-48(34(70)28(40)64)86-39-18(5-55)78-46(32(68)26(39)62)84-37-16(3-53)76-44(30(66)24(37)60)82-35-14(1-51)75-6-13(56)21(35)57/h11-40,43-48,51-70H,1-10,49-50H2,(H,71,72)(H,73,74)/t11-,12-,13?,14?,15?,16?,17?,18?,19?,20?,21?,22-,23?,24?,25?,26?,27?,28?,29?,30?,31?,32?,33?,34?,35-,36-,37-,38-,39-,40-,43-,44-,45+,46-,47+,48+/m1/s1. The molecule has 7 aliphatic heterocycles. The van der Waals surface area contributed by atoms with Gasteiger partial charge in [-0.1, -0.05) is 0 Å². The van der Waals surface area contributed by atoms with E-state index in [0.717, 1.165) is 23.5 Å². The predicted molar refractivity (Wildman–Crippen MR) is 282 cm³/mol. The third kappa shape index (κ3) is 17.1. The maximum absolute atomic E-state index is 11.7. The van der Waals surface area contributed by atoms with Gasteiger partial charge in [-0.25, -0.2) is 0 Å². The molecule has 26 N–H and O–H groups in total. The minimum atomic E-state index is -2.26. The highest BCUT2D eigenvalue weighted by molar-refractivity contribution is 7.99. The number of carboxylic acid groups (broad SMARTS) is 2. The third-order valence-corrected chi connectivity index (χ3v) is 18.2. The van der Waals surface area contributed by atoms with Crippen molar-refractivity contribution in [1.82, 2.24) is 0 Å². The van der Waals surface area contributed by atoms with Crippen LogP contribution in [0, 0.1) is 0 Å². The molecule has 0 aliphatic carbocycles. The van der Waals surface area contributed by atoms with Crippen molar-refractivity contribution in [3.05, 3.63) is 0 Å². The highest BCUT2D eigenvalue weighted by atomic mass is 32.2. The van der Waals surface area contributed by atoms with Crippen molar-refractivity contribution in [2.45, 2.75) is 221 Å². The van der Waals surface area contributed by atoms with Gasteiger partial charge in [0.05, 0.1) is 51.8 Å². The van der Waals surface area contributed by atoms with E-state index in [-0.39, 0.29) is 23.9 Å². The summed E-state index contributed by atoms with van der Waals surface area (Å²) in [7, 11) is 0. The Morgan fingerprint density at radius 3 is 0.888 bits per heavy atom. The SMILES string of the molecule is N[C@H](CSCC1O[C@H](O[C@@H]2C(CO)O[C@@H](O[C@@H]3C(CO)O[C@@H](O[C@@H]4C(CSC[C@@H](N)C(=O)O)O[C@@H](O[C@@H]5C(CO)O[C@H](O[C@@H]6C(CO)O[C@H](O[C@@H]7C(CO)OCC(O)C7O)C(O)C6O)C(O)C5O)C(O)C4O)C(O)C3O)C(O)C2O)C(O)C(O)[C@@H]1O)C(=O)O. The molecule has 41 heteroatoms. The molecule has 518 valence electrons. The Hall–Kier alpha value is -1.76. The van der Waals surface area contributed by atoms with Gasteiger partial charge >= 0.3 is 11.9 Å². The van der Waals surface area contributed by atoms with E-state index in [0.29, 0.717) is 0 Å². The highest BCUT2D eigenvalue weighted by Gasteiger charge is 2.58. The van der Waals surface area contributed by atoms with E-state index in [2.05, 4.69) is 0 Å². The lowest BCUT2D eigenvalue weighted by Crippen LogP contribution is -2.68. The number of rotatable bonds is 27. The number of carbonyl (C=O) groups is 2. The predicted octanol–water partition coefficient (Wildman–Crippen LogP) is -15.3. The molecule has 0 aromatic rings. The van der Waals surface area contributed by atoms with Gasteiger partial charge in [0.25, 0.3) is 0 Å². The molecule has 89 heavy (non-hydrogen) atoms. The first-order valence-corrected chi connectivity index (χ1v) is 30.3. The molecule has 7 saturated heterocycles. The Kier molecular flexibility index (Phi) is 27.9. The number of thioether (sulfide) groups is 2. The summed E-state index contributed by atoms with van der Waals surface area (Å²) in [6, 6.07) is -2.78. The van der Waals surface area contributed by atoms with Crippen LogP contribution in [0.15, 0.2) is 0 Å². The molecule has 39 nitrogen and oxygen atoms in total. The van der Waals surface area contributed by atoms with E-state index < -0.39 is 271 Å². The number of hydrogen-bond acceptors (Lipinski definition) is 39. The number of nitrogens with two attached hydrogens (primary N) is 2. The van der Waals surface area contributed by atoms with Crippen molar-refractivity contribution in [3.8, 4) is 0 Å². The van der Waals surface area contributed by atoms with Crippen molar-refractivity contribution in [1.29, 1.82) is 0 Å². The van der Waals surface area contributed by atoms with Crippen LogP contribution in [0.3, 0.4) is 0 Å². The van der Waals surface area contributed by atoms with Crippen molar-refractivity contribution in [2.24, 2.45) is 11.5 Å². The second-order valence-corrected chi connectivity index (χ2v) is 24.2. The molecule has 0 aromatic heterocycles. The quantitative estimate of drug-likeness (QED) is 0.0363. The van der Waals surface area contributed by atoms with Crippen LogP contribution in [-0.4, -0.2) is 408 Å². The molecule has 0 radical (unpaired) electrons. The molecular formula is C48H82N2O37S2. The van der Waals surface area contributed by atoms with E-state index >= 15 is 0 Å². The zero-order chi connectivity index (χ0) is 65.6. The second-order valence-electron chi connectivity index (χ2n) is 22.0. The molecule has 21 unspecified atom stereocenters. The van der Waals surface area contributed by atoms with Gasteiger partial charge in [0.1, 0.15) is 171 Å². The van der Waals surface area contributed by atoms with Gasteiger partial charge in [-0.3, -0.25) is 9.59 Å². The summed E-state index contributed by atoms with van der Waals surface area (Å²) in [6.07, 6.45) is -64.6. The van der Waals surface area contributed by atoms with E-state index in [1.54, 1.807) is 0 Å². The molecule has 0 aromatic carbocycles. The van der Waals surface area contributed by atoms with Crippen LogP contribution in [0.5, 0.6) is 0 Å². The first-order valence-electron chi connectivity index (χ1n) is 28.0. The first-order chi connectivity index (χ1) is 42.1. The zero-order valence-corrected chi connectivity index (χ0v) is 48.4. The van der Waals surface area contributed by atoms with E-state index in [4.69, 9.17) is 78.2 Å². The van der Waals surface area contributed by atoms with Gasteiger partial charge in [0.2, 0.25) is 0 Å². The van der Waals surface area contributed by atoms with Crippen LogP contribution in [0.2, 0.25) is 0 Å². The summed E-state index contributed by atoms with van der Waals surface area (Å²) in [4.78, 5) is 22.7. The fraction of sp³-hybridized carbons (Fsp3) is 0.958. The maximum Gasteiger partial charge on any atom is 0.321 e. The number of hydrogen-bond donors (Lipinski definition) is 24. The largest absolute Gasteiger partial charge is 0.480 e. The maximum atomic E-state index is 11.7. The van der Waals surface area contributed by atoms with E-state index in [1.807, 2.05) is 0 Å². The molecule has 7 aliphatic rings. The lowest BCUT2D eigenvalue weighted by Gasteiger charge is -2.50. The highest BCUT2D eigenvalue weighted by Crippen LogP contribution is 2.38. The first kappa shape index (κ1) is 74.6. The zero-order valence-electron chi connectivity index (χ0n) is 46.8.